The molecule has 1 heterocycles. The molecule has 128 valence electrons. The highest BCUT2D eigenvalue weighted by Crippen LogP contribution is 2.15. The third-order valence-electron chi connectivity index (χ3n) is 3.56. The zero-order valence-electron chi connectivity index (χ0n) is 13.1. The quantitative estimate of drug-likeness (QED) is 0.738. The van der Waals surface area contributed by atoms with Gasteiger partial charge in [0.25, 0.3) is 5.91 Å². The summed E-state index contributed by atoms with van der Waals surface area (Å²) in [6.07, 6.45) is -0.0181. The molecule has 0 aliphatic rings. The summed E-state index contributed by atoms with van der Waals surface area (Å²) < 4.78 is 39.8. The summed E-state index contributed by atoms with van der Waals surface area (Å²) in [7, 11) is 0. The van der Waals surface area contributed by atoms with Crippen LogP contribution in [0.25, 0.3) is 11.0 Å². The number of para-hydroxylation sites is 1. The van der Waals surface area contributed by atoms with E-state index in [-0.39, 0.29) is 17.8 Å². The third-order valence-corrected chi connectivity index (χ3v) is 3.56. The van der Waals surface area contributed by atoms with E-state index in [0.29, 0.717) is 17.1 Å². The Hall–Kier alpha value is -3.03. The molecule has 0 saturated carbocycles. The van der Waals surface area contributed by atoms with E-state index in [0.717, 1.165) is 6.07 Å². The predicted octanol–water partition coefficient (Wildman–Crippen LogP) is 2.80. The van der Waals surface area contributed by atoms with Crippen molar-refractivity contribution in [3.8, 4) is 0 Å². The van der Waals surface area contributed by atoms with Crippen molar-refractivity contribution in [3.63, 3.8) is 0 Å². The standard InChI is InChI=1S/C17H13F3N4O/c1-9(6-10-7-12(19)13(20)8-11(10)18)21-17(25)16-22-14-4-2-3-5-15(14)23-24-16/h2-5,7-9H,6H2,1H3,(H,21,25). The molecule has 1 N–H and O–H groups in total. The molecule has 0 spiro atoms. The van der Waals surface area contributed by atoms with Crippen LogP contribution in [0.3, 0.4) is 0 Å². The van der Waals surface area contributed by atoms with E-state index in [4.69, 9.17) is 0 Å². The number of rotatable bonds is 4. The van der Waals surface area contributed by atoms with Crippen LogP contribution >= 0.6 is 0 Å². The molecule has 3 aromatic rings. The predicted molar refractivity (Wildman–Crippen MR) is 84.3 cm³/mol. The lowest BCUT2D eigenvalue weighted by Crippen LogP contribution is -2.35. The highest BCUT2D eigenvalue weighted by Gasteiger charge is 2.17. The second-order valence-corrected chi connectivity index (χ2v) is 5.56. The van der Waals surface area contributed by atoms with Gasteiger partial charge in [0.1, 0.15) is 11.3 Å². The summed E-state index contributed by atoms with van der Waals surface area (Å²) in [5.41, 5.74) is 1.03. The monoisotopic (exact) mass is 346 g/mol. The van der Waals surface area contributed by atoms with Gasteiger partial charge in [0.05, 0.1) is 5.52 Å². The molecule has 3 rings (SSSR count). The molecule has 0 fully saturated rings. The summed E-state index contributed by atoms with van der Waals surface area (Å²) in [5, 5.41) is 10.2. The number of fused-ring (bicyclic) bond motifs is 1. The molecule has 1 unspecified atom stereocenters. The largest absolute Gasteiger partial charge is 0.346 e. The van der Waals surface area contributed by atoms with Crippen molar-refractivity contribution in [1.82, 2.24) is 20.5 Å². The first-order valence-electron chi connectivity index (χ1n) is 7.48. The molecule has 8 heteroatoms. The van der Waals surface area contributed by atoms with Gasteiger partial charge in [-0.1, -0.05) is 12.1 Å². The molecule has 0 radical (unpaired) electrons. The van der Waals surface area contributed by atoms with Crippen LogP contribution in [0.15, 0.2) is 36.4 Å². The Morgan fingerprint density at radius 3 is 2.48 bits per heavy atom. The Bertz CT molecular complexity index is 948. The van der Waals surface area contributed by atoms with Crippen molar-refractivity contribution in [2.45, 2.75) is 19.4 Å². The minimum atomic E-state index is -1.26. The number of nitrogens with zero attached hydrogens (tertiary/aromatic N) is 3. The van der Waals surface area contributed by atoms with Gasteiger partial charge in [-0.2, -0.15) is 0 Å². The molecule has 1 atom stereocenters. The van der Waals surface area contributed by atoms with Crippen LogP contribution in [0.2, 0.25) is 0 Å². The summed E-state index contributed by atoms with van der Waals surface area (Å²) in [5.74, 6) is -3.99. The maximum absolute atomic E-state index is 13.7. The average molecular weight is 346 g/mol. The first-order chi connectivity index (χ1) is 11.9. The van der Waals surface area contributed by atoms with E-state index in [2.05, 4.69) is 20.5 Å². The van der Waals surface area contributed by atoms with Gasteiger partial charge < -0.3 is 5.32 Å². The Kier molecular flexibility index (Phi) is 4.60. The van der Waals surface area contributed by atoms with Gasteiger partial charge in [0.15, 0.2) is 11.6 Å². The second-order valence-electron chi connectivity index (χ2n) is 5.56. The van der Waals surface area contributed by atoms with Crippen molar-refractivity contribution in [1.29, 1.82) is 0 Å². The number of hydrogen-bond acceptors (Lipinski definition) is 4. The lowest BCUT2D eigenvalue weighted by Gasteiger charge is -2.14. The lowest BCUT2D eigenvalue weighted by molar-refractivity contribution is 0.0928. The summed E-state index contributed by atoms with van der Waals surface area (Å²) in [4.78, 5) is 16.3. The van der Waals surface area contributed by atoms with E-state index in [1.54, 1.807) is 31.2 Å². The highest BCUT2D eigenvalue weighted by atomic mass is 19.2. The molecule has 0 aliphatic heterocycles. The van der Waals surface area contributed by atoms with E-state index in [1.807, 2.05) is 0 Å². The van der Waals surface area contributed by atoms with Crippen molar-refractivity contribution in [2.24, 2.45) is 0 Å². The van der Waals surface area contributed by atoms with Crippen LogP contribution in [-0.2, 0) is 6.42 Å². The number of nitrogens with one attached hydrogen (secondary N) is 1. The lowest BCUT2D eigenvalue weighted by atomic mass is 10.1. The molecular weight excluding hydrogens is 333 g/mol. The second kappa shape index (κ2) is 6.84. The normalized spacial score (nSPS) is 12.2. The van der Waals surface area contributed by atoms with E-state index >= 15 is 0 Å². The molecule has 0 saturated heterocycles. The molecule has 5 nitrogen and oxygen atoms in total. The van der Waals surface area contributed by atoms with Crippen LogP contribution in [0.4, 0.5) is 13.2 Å². The molecular formula is C17H13F3N4O. The van der Waals surface area contributed by atoms with Crippen molar-refractivity contribution in [2.75, 3.05) is 0 Å². The first-order valence-corrected chi connectivity index (χ1v) is 7.48. The Morgan fingerprint density at radius 2 is 1.72 bits per heavy atom. The van der Waals surface area contributed by atoms with Crippen molar-refractivity contribution >= 4 is 16.9 Å². The molecule has 1 aromatic heterocycles. The van der Waals surface area contributed by atoms with Gasteiger partial charge in [0.2, 0.25) is 5.82 Å². The van der Waals surface area contributed by atoms with Crippen LogP contribution in [0.1, 0.15) is 23.1 Å². The van der Waals surface area contributed by atoms with Gasteiger partial charge in [-0.3, -0.25) is 4.79 Å². The van der Waals surface area contributed by atoms with Crippen molar-refractivity contribution in [3.05, 3.63) is 65.2 Å². The average Bonchev–Trinajstić information content (AvgIpc) is 2.59. The molecule has 25 heavy (non-hydrogen) atoms. The fourth-order valence-electron chi connectivity index (χ4n) is 2.37. The fourth-order valence-corrected chi connectivity index (χ4v) is 2.37. The zero-order chi connectivity index (χ0) is 18.0. The molecule has 2 aromatic carbocycles. The van der Waals surface area contributed by atoms with Crippen LogP contribution in [0.5, 0.6) is 0 Å². The SMILES string of the molecule is CC(Cc1cc(F)c(F)cc1F)NC(=O)c1nnc2ccccc2n1. The fraction of sp³-hybridized carbons (Fsp3) is 0.176. The first kappa shape index (κ1) is 16.8. The van der Waals surface area contributed by atoms with Gasteiger partial charge >= 0.3 is 0 Å². The highest BCUT2D eigenvalue weighted by molar-refractivity contribution is 5.92. The van der Waals surface area contributed by atoms with Gasteiger partial charge in [-0.05, 0) is 37.1 Å². The number of aromatic nitrogens is 3. The van der Waals surface area contributed by atoms with Crippen LogP contribution in [-0.4, -0.2) is 27.1 Å². The third kappa shape index (κ3) is 3.73. The van der Waals surface area contributed by atoms with Crippen molar-refractivity contribution < 1.29 is 18.0 Å². The molecule has 1 amide bonds. The number of carbonyl (C=O) groups excluding carboxylic acids is 1. The topological polar surface area (TPSA) is 67.8 Å². The van der Waals surface area contributed by atoms with E-state index in [9.17, 15) is 18.0 Å². The Balaban J connectivity index is 1.72. The van der Waals surface area contributed by atoms with E-state index < -0.39 is 29.4 Å². The Labute approximate surface area is 140 Å². The Morgan fingerprint density at radius 1 is 1.04 bits per heavy atom. The smallest absolute Gasteiger partial charge is 0.291 e. The minimum Gasteiger partial charge on any atom is -0.346 e. The number of benzene rings is 2. The van der Waals surface area contributed by atoms with Gasteiger partial charge in [0, 0.05) is 12.1 Å². The minimum absolute atomic E-state index is 0.0181. The van der Waals surface area contributed by atoms with Crippen LogP contribution < -0.4 is 5.32 Å². The van der Waals surface area contributed by atoms with E-state index in [1.165, 1.54) is 0 Å². The summed E-state index contributed by atoms with van der Waals surface area (Å²) >= 11 is 0. The summed E-state index contributed by atoms with van der Waals surface area (Å²) in [6, 6.07) is 7.65. The van der Waals surface area contributed by atoms with Gasteiger partial charge in [-0.15, -0.1) is 10.2 Å². The zero-order valence-corrected chi connectivity index (χ0v) is 13.1. The van der Waals surface area contributed by atoms with Gasteiger partial charge in [-0.25, -0.2) is 18.2 Å². The molecule has 0 aliphatic carbocycles. The maximum Gasteiger partial charge on any atom is 0.291 e. The molecule has 0 bridgehead atoms. The number of hydrogen-bond donors (Lipinski definition) is 1. The maximum atomic E-state index is 13.7. The summed E-state index contributed by atoms with van der Waals surface area (Å²) in [6.45, 7) is 1.60. The number of amides is 1. The van der Waals surface area contributed by atoms with Crippen LogP contribution in [0, 0.1) is 17.5 Å². The number of carbonyl (C=O) groups is 1. The number of halogens is 3.